The Morgan fingerprint density at radius 3 is 2.26 bits per heavy atom. The maximum Gasteiger partial charge on any atom is 0.251 e. The molecule has 0 aromatic heterocycles. The van der Waals surface area contributed by atoms with Gasteiger partial charge >= 0.3 is 0 Å². The van der Waals surface area contributed by atoms with E-state index in [9.17, 15) is 13.2 Å². The van der Waals surface area contributed by atoms with Crippen molar-refractivity contribution >= 4 is 15.7 Å². The molecule has 0 spiro atoms. The molecule has 5 heteroatoms. The maximum atomic E-state index is 12.1. The first-order valence-corrected chi connectivity index (χ1v) is 9.50. The van der Waals surface area contributed by atoms with Gasteiger partial charge in [-0.25, -0.2) is 8.42 Å². The zero-order valence-electron chi connectivity index (χ0n) is 12.7. The van der Waals surface area contributed by atoms with Gasteiger partial charge in [0, 0.05) is 12.1 Å². The highest BCUT2D eigenvalue weighted by Gasteiger charge is 2.27. The minimum atomic E-state index is -2.90. The van der Waals surface area contributed by atoms with Crippen LogP contribution >= 0.6 is 0 Å². The lowest BCUT2D eigenvalue weighted by Crippen LogP contribution is -2.29. The van der Waals surface area contributed by atoms with Crippen LogP contribution in [0.1, 0.15) is 16.8 Å². The molecule has 1 atom stereocenters. The summed E-state index contributed by atoms with van der Waals surface area (Å²) in [6.45, 7) is 0.415. The smallest absolute Gasteiger partial charge is 0.251 e. The average Bonchev–Trinajstić information content (AvgIpc) is 2.93. The molecule has 1 fully saturated rings. The fourth-order valence-electron chi connectivity index (χ4n) is 2.82. The molecular weight excluding hydrogens is 310 g/mol. The highest BCUT2D eigenvalue weighted by molar-refractivity contribution is 7.91. The second kappa shape index (κ2) is 6.54. The molecule has 1 heterocycles. The number of rotatable bonds is 4. The van der Waals surface area contributed by atoms with Crippen molar-refractivity contribution in [2.24, 2.45) is 5.92 Å². The number of sulfone groups is 1. The van der Waals surface area contributed by atoms with E-state index in [1.54, 1.807) is 12.1 Å². The van der Waals surface area contributed by atoms with E-state index in [1.807, 2.05) is 42.5 Å². The van der Waals surface area contributed by atoms with Gasteiger partial charge in [0.15, 0.2) is 9.84 Å². The second-order valence-electron chi connectivity index (χ2n) is 5.92. The molecule has 2 aromatic rings. The Balaban J connectivity index is 1.60. The van der Waals surface area contributed by atoms with Crippen molar-refractivity contribution in [1.82, 2.24) is 5.32 Å². The molecule has 3 rings (SSSR count). The first-order valence-electron chi connectivity index (χ1n) is 7.68. The fourth-order valence-corrected chi connectivity index (χ4v) is 4.68. The summed E-state index contributed by atoms with van der Waals surface area (Å²) in [5.41, 5.74) is 2.75. The van der Waals surface area contributed by atoms with Gasteiger partial charge in [0.25, 0.3) is 5.91 Å². The fraction of sp³-hybridized carbons (Fsp3) is 0.278. The van der Waals surface area contributed by atoms with Crippen molar-refractivity contribution in [2.75, 3.05) is 18.1 Å². The molecule has 0 saturated carbocycles. The van der Waals surface area contributed by atoms with Gasteiger partial charge in [-0.2, -0.15) is 0 Å². The molecular formula is C18H19NO3S. The molecule has 1 amide bonds. The van der Waals surface area contributed by atoms with Gasteiger partial charge in [0.05, 0.1) is 11.5 Å². The summed E-state index contributed by atoms with van der Waals surface area (Å²) < 4.78 is 22.8. The molecule has 1 saturated heterocycles. The van der Waals surface area contributed by atoms with Crippen LogP contribution in [0.4, 0.5) is 0 Å². The maximum absolute atomic E-state index is 12.1. The molecule has 0 radical (unpaired) electrons. The number of hydrogen-bond acceptors (Lipinski definition) is 3. The van der Waals surface area contributed by atoms with E-state index in [4.69, 9.17) is 0 Å². The van der Waals surface area contributed by atoms with Crippen molar-refractivity contribution in [3.63, 3.8) is 0 Å². The molecule has 2 aromatic carbocycles. The van der Waals surface area contributed by atoms with E-state index in [2.05, 4.69) is 5.32 Å². The first kappa shape index (κ1) is 15.7. The highest BCUT2D eigenvalue weighted by Crippen LogP contribution is 2.20. The number of benzene rings is 2. The largest absolute Gasteiger partial charge is 0.352 e. The van der Waals surface area contributed by atoms with Crippen LogP contribution in [0, 0.1) is 5.92 Å². The van der Waals surface area contributed by atoms with Crippen LogP contribution in [0.3, 0.4) is 0 Å². The van der Waals surface area contributed by atoms with Gasteiger partial charge in [-0.15, -0.1) is 0 Å². The molecule has 1 N–H and O–H groups in total. The molecule has 1 aliphatic heterocycles. The lowest BCUT2D eigenvalue weighted by Gasteiger charge is -2.10. The van der Waals surface area contributed by atoms with Crippen LogP contribution in [-0.4, -0.2) is 32.4 Å². The lowest BCUT2D eigenvalue weighted by molar-refractivity contribution is 0.0948. The predicted molar refractivity (Wildman–Crippen MR) is 91.0 cm³/mol. The third kappa shape index (κ3) is 3.99. The van der Waals surface area contributed by atoms with Crippen LogP contribution in [0.25, 0.3) is 11.1 Å². The van der Waals surface area contributed by atoms with Gasteiger partial charge in [-0.1, -0.05) is 42.5 Å². The molecule has 0 bridgehead atoms. The number of hydrogen-bond donors (Lipinski definition) is 1. The summed E-state index contributed by atoms with van der Waals surface area (Å²) in [4.78, 5) is 12.1. The Bertz CT molecular complexity index is 783. The zero-order chi connectivity index (χ0) is 16.3. The van der Waals surface area contributed by atoms with Crippen molar-refractivity contribution < 1.29 is 13.2 Å². The second-order valence-corrected chi connectivity index (χ2v) is 8.15. The lowest BCUT2D eigenvalue weighted by atomic mass is 10.0. The Hall–Kier alpha value is -2.14. The normalized spacial score (nSPS) is 19.4. The Morgan fingerprint density at radius 2 is 1.65 bits per heavy atom. The molecule has 0 aliphatic carbocycles. The van der Waals surface area contributed by atoms with Gasteiger partial charge < -0.3 is 5.32 Å². The molecule has 4 nitrogen and oxygen atoms in total. The van der Waals surface area contributed by atoms with Gasteiger partial charge in [-0.3, -0.25) is 4.79 Å². The summed E-state index contributed by atoms with van der Waals surface area (Å²) in [7, 11) is -2.90. The van der Waals surface area contributed by atoms with E-state index >= 15 is 0 Å². The van der Waals surface area contributed by atoms with Gasteiger partial charge in [0.2, 0.25) is 0 Å². The predicted octanol–water partition coefficient (Wildman–Crippen LogP) is 2.52. The summed E-state index contributed by atoms with van der Waals surface area (Å²) in [5.74, 6) is 0.293. The quantitative estimate of drug-likeness (QED) is 0.937. The molecule has 1 aliphatic rings. The van der Waals surface area contributed by atoms with E-state index < -0.39 is 9.84 Å². The van der Waals surface area contributed by atoms with Crippen molar-refractivity contribution in [3.8, 4) is 11.1 Å². The third-order valence-electron chi connectivity index (χ3n) is 4.13. The van der Waals surface area contributed by atoms with E-state index in [1.165, 1.54) is 0 Å². The zero-order valence-corrected chi connectivity index (χ0v) is 13.6. The number of nitrogens with one attached hydrogen (secondary N) is 1. The monoisotopic (exact) mass is 329 g/mol. The van der Waals surface area contributed by atoms with Crippen LogP contribution in [0.5, 0.6) is 0 Å². The Labute approximate surface area is 136 Å². The minimum absolute atomic E-state index is 0.0348. The summed E-state index contributed by atoms with van der Waals surface area (Å²) in [5, 5.41) is 2.83. The number of carbonyl (C=O) groups excluding carboxylic acids is 1. The van der Waals surface area contributed by atoms with Crippen molar-refractivity contribution in [1.29, 1.82) is 0 Å². The van der Waals surface area contributed by atoms with Crippen molar-refractivity contribution in [3.05, 3.63) is 60.2 Å². The topological polar surface area (TPSA) is 63.2 Å². The first-order chi connectivity index (χ1) is 11.0. The summed E-state index contributed by atoms with van der Waals surface area (Å²) >= 11 is 0. The third-order valence-corrected chi connectivity index (χ3v) is 5.97. The summed E-state index contributed by atoms with van der Waals surface area (Å²) in [6.07, 6.45) is 0.634. The van der Waals surface area contributed by atoms with E-state index in [-0.39, 0.29) is 23.3 Å². The van der Waals surface area contributed by atoms with E-state index in [0.717, 1.165) is 11.1 Å². The number of amides is 1. The van der Waals surface area contributed by atoms with Crippen LogP contribution in [-0.2, 0) is 9.84 Å². The van der Waals surface area contributed by atoms with Gasteiger partial charge in [-0.05, 0) is 35.6 Å². The van der Waals surface area contributed by atoms with Crippen LogP contribution in [0.15, 0.2) is 54.6 Å². The number of carbonyl (C=O) groups is 1. The van der Waals surface area contributed by atoms with Crippen LogP contribution < -0.4 is 5.32 Å². The van der Waals surface area contributed by atoms with Crippen molar-refractivity contribution in [2.45, 2.75) is 6.42 Å². The molecule has 120 valence electrons. The van der Waals surface area contributed by atoms with E-state index in [0.29, 0.717) is 18.5 Å². The standard InChI is InChI=1S/C18H19NO3S/c20-18(19-12-14-10-11-23(21,22)13-14)17-8-6-16(7-9-17)15-4-2-1-3-5-15/h1-9,14H,10-13H2,(H,19,20). The highest BCUT2D eigenvalue weighted by atomic mass is 32.2. The van der Waals surface area contributed by atoms with Gasteiger partial charge in [0.1, 0.15) is 0 Å². The average molecular weight is 329 g/mol. The summed E-state index contributed by atoms with van der Waals surface area (Å²) in [6, 6.07) is 17.4. The Kier molecular flexibility index (Phi) is 4.48. The Morgan fingerprint density at radius 1 is 1.00 bits per heavy atom. The molecule has 1 unspecified atom stereocenters. The van der Waals surface area contributed by atoms with Crippen LogP contribution in [0.2, 0.25) is 0 Å². The SMILES string of the molecule is O=C(NCC1CCS(=O)(=O)C1)c1ccc(-c2ccccc2)cc1. The molecule has 23 heavy (non-hydrogen) atoms. The minimum Gasteiger partial charge on any atom is -0.352 e.